The number of hydrogen-bond acceptors (Lipinski definition) is 4. The molecule has 2 rings (SSSR count). The van der Waals surface area contributed by atoms with Crippen molar-refractivity contribution in [3.05, 3.63) is 24.3 Å². The largest absolute Gasteiger partial charge is 0.335 e. The number of likely N-dealkylation sites (tertiary alicyclic amines) is 1. The molecule has 0 spiro atoms. The number of carbonyl (C=O) groups is 2. The van der Waals surface area contributed by atoms with Gasteiger partial charge in [-0.1, -0.05) is 13.8 Å². The molecule has 25 heavy (non-hydrogen) atoms. The molecule has 0 aromatic heterocycles. The van der Waals surface area contributed by atoms with Gasteiger partial charge in [0, 0.05) is 17.4 Å². The van der Waals surface area contributed by atoms with Gasteiger partial charge in [-0.2, -0.15) is 0 Å². The van der Waals surface area contributed by atoms with Crippen LogP contribution in [-0.2, 0) is 4.79 Å². The van der Waals surface area contributed by atoms with Crippen molar-refractivity contribution in [2.45, 2.75) is 38.8 Å². The molecular formula is C18H29N5O2. The quantitative estimate of drug-likeness (QED) is 0.653. The lowest BCUT2D eigenvalue weighted by molar-refractivity contribution is -0.118. The average Bonchev–Trinajstić information content (AvgIpc) is 2.57. The minimum atomic E-state index is -0.543. The minimum absolute atomic E-state index is 0.0733. The van der Waals surface area contributed by atoms with Gasteiger partial charge in [0.2, 0.25) is 5.91 Å². The van der Waals surface area contributed by atoms with Crippen LogP contribution in [0.15, 0.2) is 24.3 Å². The summed E-state index contributed by atoms with van der Waals surface area (Å²) in [4.78, 5) is 26.3. The first-order chi connectivity index (χ1) is 11.8. The molecule has 1 aliphatic rings. The summed E-state index contributed by atoms with van der Waals surface area (Å²) >= 11 is 0. The van der Waals surface area contributed by atoms with Crippen LogP contribution in [0.1, 0.15) is 26.7 Å². The Balaban J connectivity index is 1.81. The molecule has 0 aliphatic carbocycles. The standard InChI is InChI=1S/C18H29N5O2/c1-12(2)16(19)17(24)20-13-4-6-14(7-5-13)21-18(25)22-15-8-10-23(3)11-9-15/h4-7,12,15-16H,8-11,19H2,1-3H3,(H,20,24)(H2,21,22,25)/t16-/m0/s1. The molecule has 1 heterocycles. The van der Waals surface area contributed by atoms with E-state index in [4.69, 9.17) is 5.73 Å². The fourth-order valence-electron chi connectivity index (χ4n) is 2.67. The van der Waals surface area contributed by atoms with Crippen molar-refractivity contribution >= 4 is 23.3 Å². The van der Waals surface area contributed by atoms with E-state index in [1.54, 1.807) is 24.3 Å². The number of nitrogens with two attached hydrogens (primary N) is 1. The molecule has 0 radical (unpaired) electrons. The van der Waals surface area contributed by atoms with E-state index in [1.165, 1.54) is 0 Å². The normalized spacial score (nSPS) is 17.2. The summed E-state index contributed by atoms with van der Waals surface area (Å²) in [6.07, 6.45) is 1.93. The summed E-state index contributed by atoms with van der Waals surface area (Å²) in [7, 11) is 2.09. The van der Waals surface area contributed by atoms with Crippen molar-refractivity contribution in [2.75, 3.05) is 30.8 Å². The van der Waals surface area contributed by atoms with E-state index in [-0.39, 0.29) is 23.9 Å². The second kappa shape index (κ2) is 8.82. The molecule has 0 unspecified atom stereocenters. The molecule has 5 N–H and O–H groups in total. The molecule has 1 atom stereocenters. The van der Waals surface area contributed by atoms with Gasteiger partial charge in [-0.25, -0.2) is 4.79 Å². The lowest BCUT2D eigenvalue weighted by Gasteiger charge is -2.29. The summed E-state index contributed by atoms with van der Waals surface area (Å²) in [5.74, 6) is -0.139. The van der Waals surface area contributed by atoms with Crippen LogP contribution in [0.4, 0.5) is 16.2 Å². The van der Waals surface area contributed by atoms with Crippen LogP contribution >= 0.6 is 0 Å². The van der Waals surface area contributed by atoms with Gasteiger partial charge >= 0.3 is 6.03 Å². The highest BCUT2D eigenvalue weighted by molar-refractivity contribution is 5.95. The Morgan fingerprint density at radius 2 is 1.60 bits per heavy atom. The minimum Gasteiger partial charge on any atom is -0.335 e. The van der Waals surface area contributed by atoms with Crippen molar-refractivity contribution < 1.29 is 9.59 Å². The Morgan fingerprint density at radius 3 is 2.12 bits per heavy atom. The number of nitrogens with zero attached hydrogens (tertiary/aromatic N) is 1. The molecule has 3 amide bonds. The first-order valence-corrected chi connectivity index (χ1v) is 8.77. The van der Waals surface area contributed by atoms with Crippen molar-refractivity contribution in [1.29, 1.82) is 0 Å². The summed E-state index contributed by atoms with van der Waals surface area (Å²) in [6.45, 7) is 5.80. The van der Waals surface area contributed by atoms with Crippen molar-refractivity contribution in [1.82, 2.24) is 10.2 Å². The summed E-state index contributed by atoms with van der Waals surface area (Å²) in [5.41, 5.74) is 7.15. The van der Waals surface area contributed by atoms with Crippen molar-refractivity contribution in [2.24, 2.45) is 11.7 Å². The molecule has 0 bridgehead atoms. The second-order valence-corrected chi connectivity index (χ2v) is 7.01. The number of hydrogen-bond donors (Lipinski definition) is 4. The maximum Gasteiger partial charge on any atom is 0.319 e. The fraction of sp³-hybridized carbons (Fsp3) is 0.556. The number of piperidine rings is 1. The maximum absolute atomic E-state index is 12.1. The van der Waals surface area contributed by atoms with Crippen LogP contribution in [0, 0.1) is 5.92 Å². The van der Waals surface area contributed by atoms with Gasteiger partial charge in [0.1, 0.15) is 0 Å². The molecule has 1 saturated heterocycles. The number of carbonyl (C=O) groups excluding carboxylic acids is 2. The van der Waals surface area contributed by atoms with Crippen LogP contribution in [-0.4, -0.2) is 49.1 Å². The van der Waals surface area contributed by atoms with Crippen LogP contribution in [0.5, 0.6) is 0 Å². The first kappa shape index (κ1) is 19.2. The maximum atomic E-state index is 12.1. The number of benzene rings is 1. The van der Waals surface area contributed by atoms with E-state index >= 15 is 0 Å². The van der Waals surface area contributed by atoms with E-state index in [0.717, 1.165) is 25.9 Å². The molecule has 7 nitrogen and oxygen atoms in total. The van der Waals surface area contributed by atoms with Gasteiger partial charge in [0.25, 0.3) is 0 Å². The monoisotopic (exact) mass is 347 g/mol. The Labute approximate surface area is 149 Å². The van der Waals surface area contributed by atoms with Crippen LogP contribution in [0.3, 0.4) is 0 Å². The van der Waals surface area contributed by atoms with Gasteiger partial charge in [-0.15, -0.1) is 0 Å². The topological polar surface area (TPSA) is 99.5 Å². The third-order valence-corrected chi connectivity index (χ3v) is 4.49. The zero-order valence-electron chi connectivity index (χ0n) is 15.2. The van der Waals surface area contributed by atoms with E-state index in [0.29, 0.717) is 11.4 Å². The highest BCUT2D eigenvalue weighted by Gasteiger charge is 2.19. The van der Waals surface area contributed by atoms with E-state index in [2.05, 4.69) is 27.9 Å². The lowest BCUT2D eigenvalue weighted by Crippen LogP contribution is -2.44. The zero-order chi connectivity index (χ0) is 18.4. The predicted octanol–water partition coefficient (Wildman–Crippen LogP) is 1.82. The van der Waals surface area contributed by atoms with Gasteiger partial charge in [-0.3, -0.25) is 4.79 Å². The number of nitrogens with one attached hydrogen (secondary N) is 3. The lowest BCUT2D eigenvalue weighted by atomic mass is 10.0. The van der Waals surface area contributed by atoms with E-state index < -0.39 is 6.04 Å². The van der Waals surface area contributed by atoms with Gasteiger partial charge in [0.15, 0.2) is 0 Å². The summed E-state index contributed by atoms with van der Waals surface area (Å²) < 4.78 is 0. The smallest absolute Gasteiger partial charge is 0.319 e. The van der Waals surface area contributed by atoms with E-state index in [1.807, 2.05) is 13.8 Å². The predicted molar refractivity (Wildman–Crippen MR) is 101 cm³/mol. The van der Waals surface area contributed by atoms with Crippen LogP contribution < -0.4 is 21.7 Å². The highest BCUT2D eigenvalue weighted by atomic mass is 16.2. The van der Waals surface area contributed by atoms with Gasteiger partial charge < -0.3 is 26.6 Å². The van der Waals surface area contributed by atoms with E-state index in [9.17, 15) is 9.59 Å². The molecule has 1 aliphatic heterocycles. The number of amides is 3. The fourth-order valence-corrected chi connectivity index (χ4v) is 2.67. The number of anilines is 2. The number of rotatable bonds is 5. The molecule has 0 saturated carbocycles. The zero-order valence-corrected chi connectivity index (χ0v) is 15.2. The van der Waals surface area contributed by atoms with Gasteiger partial charge in [0.05, 0.1) is 6.04 Å². The highest BCUT2D eigenvalue weighted by Crippen LogP contribution is 2.15. The van der Waals surface area contributed by atoms with Crippen molar-refractivity contribution in [3.63, 3.8) is 0 Å². The third-order valence-electron chi connectivity index (χ3n) is 4.49. The van der Waals surface area contributed by atoms with Gasteiger partial charge in [-0.05, 0) is 63.2 Å². The third kappa shape index (κ3) is 6.03. The summed E-state index contributed by atoms with van der Waals surface area (Å²) in [6, 6.07) is 6.47. The van der Waals surface area contributed by atoms with Crippen LogP contribution in [0.2, 0.25) is 0 Å². The Kier molecular flexibility index (Phi) is 6.78. The molecule has 1 aromatic carbocycles. The Morgan fingerprint density at radius 1 is 1.08 bits per heavy atom. The second-order valence-electron chi connectivity index (χ2n) is 7.01. The number of urea groups is 1. The molecule has 1 aromatic rings. The van der Waals surface area contributed by atoms with Crippen molar-refractivity contribution in [3.8, 4) is 0 Å². The average molecular weight is 347 g/mol. The summed E-state index contributed by atoms with van der Waals surface area (Å²) in [5, 5.41) is 8.60. The molecule has 138 valence electrons. The first-order valence-electron chi connectivity index (χ1n) is 8.77. The molecular weight excluding hydrogens is 318 g/mol. The SMILES string of the molecule is CC(C)[C@H](N)C(=O)Nc1ccc(NC(=O)NC2CCN(C)CC2)cc1. The molecule has 1 fully saturated rings. The Bertz CT molecular complexity index is 580. The van der Waals surface area contributed by atoms with Crippen LogP contribution in [0.25, 0.3) is 0 Å². The molecule has 7 heteroatoms. The Hall–Kier alpha value is -2.12.